The van der Waals surface area contributed by atoms with E-state index in [1.165, 1.54) is 36.4 Å². The summed E-state index contributed by atoms with van der Waals surface area (Å²) in [7, 11) is 0. The summed E-state index contributed by atoms with van der Waals surface area (Å²) in [6, 6.07) is 13.4. The second-order valence-corrected chi connectivity index (χ2v) is 10.3. The van der Waals surface area contributed by atoms with Crippen molar-refractivity contribution in [1.29, 1.82) is 0 Å². The van der Waals surface area contributed by atoms with Gasteiger partial charge in [0.15, 0.2) is 23.2 Å². The predicted octanol–water partition coefficient (Wildman–Crippen LogP) is 7.50. The van der Waals surface area contributed by atoms with E-state index in [9.17, 15) is 14.3 Å². The van der Waals surface area contributed by atoms with Gasteiger partial charge in [-0.05, 0) is 84.9 Å². The lowest BCUT2D eigenvalue weighted by Gasteiger charge is -2.32. The zero-order valence-corrected chi connectivity index (χ0v) is 21.3. The summed E-state index contributed by atoms with van der Waals surface area (Å²) < 4.78 is 54.9. The summed E-state index contributed by atoms with van der Waals surface area (Å²) in [5.74, 6) is -3.24. The van der Waals surface area contributed by atoms with Gasteiger partial charge in [0.1, 0.15) is 6.10 Å². The zero-order chi connectivity index (χ0) is 26.8. The molecule has 1 heterocycles. The third-order valence-electron chi connectivity index (χ3n) is 7.75. The number of hydrogen-bond donors (Lipinski definition) is 1. The molecule has 0 bridgehead atoms. The van der Waals surface area contributed by atoms with Gasteiger partial charge in [0.2, 0.25) is 0 Å². The molecule has 2 atom stereocenters. The van der Waals surface area contributed by atoms with Crippen molar-refractivity contribution in [2.75, 3.05) is 6.61 Å². The maximum atomic E-state index is 15.1. The van der Waals surface area contributed by atoms with Gasteiger partial charge in [-0.1, -0.05) is 43.7 Å². The molecule has 2 aliphatic rings. The lowest BCUT2D eigenvalue weighted by molar-refractivity contribution is 0.0723. The van der Waals surface area contributed by atoms with Gasteiger partial charge in [0.25, 0.3) is 0 Å². The molecule has 0 aromatic heterocycles. The lowest BCUT2D eigenvalue weighted by atomic mass is 9.75. The largest absolute Gasteiger partial charge is 0.420 e. The molecule has 4 nitrogen and oxygen atoms in total. The average molecular weight is 525 g/mol. The standard InChI is InChI=1S/C31H31F3O4/c1-2-3-26(35)20-8-4-18(5-9-20)23-13-14-24(30(34)29(23)33)19-6-10-21(11-7-19)31(36)38-27-15-12-22(16-25(27)32)28-17-37-28/h6-7,10-16,18,20,26,28,35H,2-5,8-9,17H2,1H3. The highest BCUT2D eigenvalue weighted by molar-refractivity contribution is 5.91. The molecule has 7 heteroatoms. The Kier molecular flexibility index (Phi) is 7.86. The number of aliphatic hydroxyl groups is 1. The average Bonchev–Trinajstić information content (AvgIpc) is 3.77. The van der Waals surface area contributed by atoms with Crippen LogP contribution in [0.3, 0.4) is 0 Å². The topological polar surface area (TPSA) is 59.1 Å². The van der Waals surface area contributed by atoms with Crippen LogP contribution in [0.5, 0.6) is 5.75 Å². The fourth-order valence-corrected chi connectivity index (χ4v) is 5.43. The second kappa shape index (κ2) is 11.3. The van der Waals surface area contributed by atoms with Gasteiger partial charge in [0.05, 0.1) is 18.3 Å². The fourth-order valence-electron chi connectivity index (χ4n) is 5.43. The molecule has 200 valence electrons. The molecule has 1 aliphatic heterocycles. The third kappa shape index (κ3) is 5.64. The summed E-state index contributed by atoms with van der Waals surface area (Å²) in [5, 5.41) is 10.3. The van der Waals surface area contributed by atoms with Gasteiger partial charge >= 0.3 is 5.97 Å². The quantitative estimate of drug-likeness (QED) is 0.188. The molecule has 0 spiro atoms. The van der Waals surface area contributed by atoms with E-state index in [1.54, 1.807) is 18.2 Å². The number of hydrogen-bond acceptors (Lipinski definition) is 4. The molecule has 1 aliphatic carbocycles. The van der Waals surface area contributed by atoms with Gasteiger partial charge in [-0.3, -0.25) is 0 Å². The molecule has 38 heavy (non-hydrogen) atoms. The van der Waals surface area contributed by atoms with E-state index in [4.69, 9.17) is 9.47 Å². The van der Waals surface area contributed by atoms with Crippen molar-refractivity contribution in [3.63, 3.8) is 0 Å². The first-order chi connectivity index (χ1) is 18.4. The van der Waals surface area contributed by atoms with Crippen molar-refractivity contribution >= 4 is 5.97 Å². The zero-order valence-electron chi connectivity index (χ0n) is 21.3. The van der Waals surface area contributed by atoms with Gasteiger partial charge in [-0.2, -0.15) is 0 Å². The highest BCUT2D eigenvalue weighted by Crippen LogP contribution is 2.40. The van der Waals surface area contributed by atoms with E-state index in [2.05, 4.69) is 0 Å². The highest BCUT2D eigenvalue weighted by Gasteiger charge is 2.30. The maximum Gasteiger partial charge on any atom is 0.343 e. The minimum atomic E-state index is -0.923. The Balaban J connectivity index is 1.25. The summed E-state index contributed by atoms with van der Waals surface area (Å²) in [4.78, 5) is 12.5. The monoisotopic (exact) mass is 524 g/mol. The molecular formula is C31H31F3O4. The van der Waals surface area contributed by atoms with Gasteiger partial charge in [0, 0.05) is 5.56 Å². The molecular weight excluding hydrogens is 493 g/mol. The van der Waals surface area contributed by atoms with Crippen molar-refractivity contribution < 1.29 is 32.5 Å². The molecule has 0 amide bonds. The van der Waals surface area contributed by atoms with Crippen LogP contribution in [0.15, 0.2) is 54.6 Å². The normalized spacial score (nSPS) is 21.7. The molecule has 1 saturated heterocycles. The van der Waals surface area contributed by atoms with Crippen LogP contribution < -0.4 is 4.74 Å². The third-order valence-corrected chi connectivity index (χ3v) is 7.75. The number of ether oxygens (including phenoxy) is 2. The van der Waals surface area contributed by atoms with Crippen LogP contribution in [0.25, 0.3) is 11.1 Å². The Morgan fingerprint density at radius 3 is 2.34 bits per heavy atom. The first-order valence-electron chi connectivity index (χ1n) is 13.2. The Morgan fingerprint density at radius 1 is 1.00 bits per heavy atom. The molecule has 1 N–H and O–H groups in total. The lowest BCUT2D eigenvalue weighted by Crippen LogP contribution is -2.25. The van der Waals surface area contributed by atoms with Gasteiger partial charge in [-0.15, -0.1) is 0 Å². The first-order valence-corrected chi connectivity index (χ1v) is 13.2. The molecule has 3 aromatic rings. The molecule has 5 rings (SSSR count). The number of carbonyl (C=O) groups excluding carboxylic acids is 1. The van der Waals surface area contributed by atoms with Crippen molar-refractivity contribution in [3.8, 4) is 16.9 Å². The van der Waals surface area contributed by atoms with Crippen molar-refractivity contribution in [3.05, 3.63) is 88.7 Å². The summed E-state index contributed by atoms with van der Waals surface area (Å²) in [6.45, 7) is 2.59. The second-order valence-electron chi connectivity index (χ2n) is 10.3. The molecule has 2 unspecified atom stereocenters. The van der Waals surface area contributed by atoms with Crippen LogP contribution in [0.4, 0.5) is 13.2 Å². The number of carbonyl (C=O) groups is 1. The molecule has 0 radical (unpaired) electrons. The SMILES string of the molecule is CCCC(O)C1CCC(c2ccc(-c3ccc(C(=O)Oc4ccc(C5CO5)cc4F)cc3)c(F)c2F)CC1. The van der Waals surface area contributed by atoms with Crippen LogP contribution in [0.1, 0.15) is 79.0 Å². The smallest absolute Gasteiger partial charge is 0.343 e. The summed E-state index contributed by atoms with van der Waals surface area (Å²) >= 11 is 0. The van der Waals surface area contributed by atoms with Gasteiger partial charge < -0.3 is 14.6 Å². The predicted molar refractivity (Wildman–Crippen MR) is 137 cm³/mol. The van der Waals surface area contributed by atoms with E-state index < -0.39 is 23.4 Å². The van der Waals surface area contributed by atoms with E-state index in [0.29, 0.717) is 23.3 Å². The van der Waals surface area contributed by atoms with E-state index >= 15 is 8.78 Å². The van der Waals surface area contributed by atoms with Crippen LogP contribution in [-0.2, 0) is 4.74 Å². The van der Waals surface area contributed by atoms with Crippen molar-refractivity contribution in [2.24, 2.45) is 5.92 Å². The Bertz CT molecular complexity index is 1300. The number of benzene rings is 3. The number of halogens is 3. The van der Waals surface area contributed by atoms with Crippen molar-refractivity contribution in [1.82, 2.24) is 0 Å². The number of rotatable bonds is 8. The number of epoxide rings is 1. The maximum absolute atomic E-state index is 15.1. The Morgan fingerprint density at radius 2 is 1.71 bits per heavy atom. The fraction of sp³-hybridized carbons (Fsp3) is 0.387. The van der Waals surface area contributed by atoms with Crippen molar-refractivity contribution in [2.45, 2.75) is 63.6 Å². The molecule has 1 saturated carbocycles. The molecule has 3 aromatic carbocycles. The Hall–Kier alpha value is -3.16. The summed E-state index contributed by atoms with van der Waals surface area (Å²) in [5.41, 5.74) is 1.72. The minimum absolute atomic E-state index is 0.0768. The first kappa shape index (κ1) is 26.4. The number of aliphatic hydroxyl groups excluding tert-OH is 1. The van der Waals surface area contributed by atoms with Crippen LogP contribution in [0, 0.1) is 23.4 Å². The molecule has 2 fully saturated rings. The van der Waals surface area contributed by atoms with Crippen LogP contribution in [-0.4, -0.2) is 23.8 Å². The van der Waals surface area contributed by atoms with E-state index in [-0.39, 0.29) is 40.9 Å². The van der Waals surface area contributed by atoms with Gasteiger partial charge in [-0.25, -0.2) is 18.0 Å². The van der Waals surface area contributed by atoms with Crippen LogP contribution >= 0.6 is 0 Å². The Labute approximate surface area is 220 Å². The minimum Gasteiger partial charge on any atom is -0.420 e. The van der Waals surface area contributed by atoms with E-state index in [0.717, 1.165) is 38.5 Å². The van der Waals surface area contributed by atoms with Crippen LogP contribution in [0.2, 0.25) is 0 Å². The highest BCUT2D eigenvalue weighted by atomic mass is 19.2. The summed E-state index contributed by atoms with van der Waals surface area (Å²) in [6.07, 6.45) is 4.29. The van der Waals surface area contributed by atoms with E-state index in [1.807, 2.05) is 6.92 Å². The number of esters is 1.